The van der Waals surface area contributed by atoms with Crippen molar-refractivity contribution in [2.75, 3.05) is 45.7 Å². The minimum atomic E-state index is -0.189. The molecule has 1 N–H and O–H groups in total. The van der Waals surface area contributed by atoms with Crippen LogP contribution in [-0.2, 0) is 16.0 Å². The van der Waals surface area contributed by atoms with Crippen molar-refractivity contribution >= 4 is 17.5 Å². The Balaban J connectivity index is 1.88. The van der Waals surface area contributed by atoms with Crippen LogP contribution >= 0.6 is 0 Å². The molecule has 0 spiro atoms. The molecule has 0 unspecified atom stereocenters. The molecule has 2 aromatic carbocycles. The topological polar surface area (TPSA) is 71.1 Å². The number of rotatable bonds is 5. The van der Waals surface area contributed by atoms with Gasteiger partial charge in [-0.1, -0.05) is 37.3 Å². The number of carbonyl (C=O) groups excluding carboxylic acids is 2. The predicted octanol–water partition coefficient (Wildman–Crippen LogP) is 3.69. The standard InChI is InChI=1S/C27H37N3O4/c1-19-16-30(14-13-22-9-7-6-8-10-22)20(2)18-34-25-12-11-23(28-21(3)31)15-24(25)27(32)29(4)17-26(19)33-5/h6-12,15,19-20,26H,13-14,16-18H2,1-5H3,(H,28,31)/t19-,20-,26-/m0/s1. The SMILES string of the molecule is CO[C@H]1CN(C)C(=O)c2cc(NC(C)=O)ccc2OC[C@H](C)N(CCc2ccccc2)C[C@@H]1C. The fourth-order valence-corrected chi connectivity index (χ4v) is 4.36. The third-order valence-electron chi connectivity index (χ3n) is 6.42. The summed E-state index contributed by atoms with van der Waals surface area (Å²) in [5, 5.41) is 2.75. The number of carbonyl (C=O) groups is 2. The number of nitrogens with one attached hydrogen (secondary N) is 1. The lowest BCUT2D eigenvalue weighted by Crippen LogP contribution is -2.47. The van der Waals surface area contributed by atoms with Gasteiger partial charge in [0.15, 0.2) is 0 Å². The van der Waals surface area contributed by atoms with Gasteiger partial charge in [0.2, 0.25) is 5.91 Å². The lowest BCUT2D eigenvalue weighted by molar-refractivity contribution is -0.114. The minimum Gasteiger partial charge on any atom is -0.491 e. The van der Waals surface area contributed by atoms with E-state index >= 15 is 0 Å². The van der Waals surface area contributed by atoms with Gasteiger partial charge >= 0.3 is 0 Å². The summed E-state index contributed by atoms with van der Waals surface area (Å²) in [5.41, 5.74) is 2.30. The van der Waals surface area contributed by atoms with E-state index < -0.39 is 0 Å². The van der Waals surface area contributed by atoms with Gasteiger partial charge in [-0.2, -0.15) is 0 Å². The Kier molecular flexibility index (Phi) is 9.07. The molecule has 3 rings (SSSR count). The highest BCUT2D eigenvalue weighted by atomic mass is 16.5. The first-order valence-corrected chi connectivity index (χ1v) is 11.9. The second-order valence-electron chi connectivity index (χ2n) is 9.22. The Morgan fingerprint density at radius 1 is 1.15 bits per heavy atom. The maximum absolute atomic E-state index is 13.3. The fraction of sp³-hybridized carbons (Fsp3) is 0.481. The highest BCUT2D eigenvalue weighted by molar-refractivity contribution is 5.99. The van der Waals surface area contributed by atoms with Crippen LogP contribution in [-0.4, -0.2) is 74.2 Å². The van der Waals surface area contributed by atoms with Gasteiger partial charge in [-0.15, -0.1) is 0 Å². The number of hydrogen-bond donors (Lipinski definition) is 1. The summed E-state index contributed by atoms with van der Waals surface area (Å²) in [6, 6.07) is 15.8. The number of benzene rings is 2. The number of nitrogens with zero attached hydrogens (tertiary/aromatic N) is 2. The van der Waals surface area contributed by atoms with E-state index in [1.807, 2.05) is 6.07 Å². The van der Waals surface area contributed by atoms with E-state index in [0.29, 0.717) is 30.2 Å². The zero-order valence-electron chi connectivity index (χ0n) is 20.9. The Hall–Kier alpha value is -2.90. The van der Waals surface area contributed by atoms with Gasteiger partial charge in [0.05, 0.1) is 11.7 Å². The summed E-state index contributed by atoms with van der Waals surface area (Å²) in [6.45, 7) is 8.42. The van der Waals surface area contributed by atoms with E-state index in [9.17, 15) is 9.59 Å². The molecule has 2 aromatic rings. The van der Waals surface area contributed by atoms with Gasteiger partial charge in [0.1, 0.15) is 12.4 Å². The second-order valence-corrected chi connectivity index (χ2v) is 9.22. The van der Waals surface area contributed by atoms with Crippen molar-refractivity contribution in [1.82, 2.24) is 9.80 Å². The molecule has 0 saturated heterocycles. The molecule has 34 heavy (non-hydrogen) atoms. The van der Waals surface area contributed by atoms with Crippen molar-refractivity contribution in [3.63, 3.8) is 0 Å². The van der Waals surface area contributed by atoms with Gasteiger partial charge in [-0.3, -0.25) is 14.5 Å². The molecule has 0 aliphatic carbocycles. The van der Waals surface area contributed by atoms with E-state index in [2.05, 4.69) is 48.3 Å². The molecule has 0 fully saturated rings. The zero-order chi connectivity index (χ0) is 24.7. The first-order valence-electron chi connectivity index (χ1n) is 11.9. The molecular formula is C27H37N3O4. The molecule has 7 nitrogen and oxygen atoms in total. The summed E-state index contributed by atoms with van der Waals surface area (Å²) in [4.78, 5) is 29.0. The number of methoxy groups -OCH3 is 1. The van der Waals surface area contributed by atoms with Gasteiger partial charge < -0.3 is 19.7 Å². The average molecular weight is 468 g/mol. The maximum Gasteiger partial charge on any atom is 0.257 e. The lowest BCUT2D eigenvalue weighted by Gasteiger charge is -2.36. The summed E-state index contributed by atoms with van der Waals surface area (Å²) >= 11 is 0. The Labute approximate surface area is 203 Å². The van der Waals surface area contributed by atoms with Crippen LogP contribution in [0.3, 0.4) is 0 Å². The van der Waals surface area contributed by atoms with Crippen LogP contribution in [0.2, 0.25) is 0 Å². The largest absolute Gasteiger partial charge is 0.491 e. The van der Waals surface area contributed by atoms with Gasteiger partial charge in [0, 0.05) is 52.4 Å². The molecular weight excluding hydrogens is 430 g/mol. The van der Waals surface area contributed by atoms with Crippen molar-refractivity contribution in [3.8, 4) is 5.75 Å². The van der Waals surface area contributed by atoms with Crippen LogP contribution < -0.4 is 10.1 Å². The van der Waals surface area contributed by atoms with E-state index in [1.54, 1.807) is 37.3 Å². The normalized spacial score (nSPS) is 22.2. The molecule has 184 valence electrons. The van der Waals surface area contributed by atoms with E-state index in [4.69, 9.17) is 9.47 Å². The monoisotopic (exact) mass is 467 g/mol. The smallest absolute Gasteiger partial charge is 0.257 e. The number of amides is 2. The van der Waals surface area contributed by atoms with Crippen LogP contribution in [0.5, 0.6) is 5.75 Å². The highest BCUT2D eigenvalue weighted by Crippen LogP contribution is 2.26. The number of likely N-dealkylation sites (N-methyl/N-ethyl adjacent to an activating group) is 1. The summed E-state index contributed by atoms with van der Waals surface area (Å²) < 4.78 is 12.0. The van der Waals surface area contributed by atoms with Gasteiger partial charge in [-0.25, -0.2) is 0 Å². The molecule has 1 heterocycles. The number of anilines is 1. The first-order chi connectivity index (χ1) is 16.3. The Morgan fingerprint density at radius 2 is 1.88 bits per heavy atom. The molecule has 2 amide bonds. The number of hydrogen-bond acceptors (Lipinski definition) is 5. The third-order valence-corrected chi connectivity index (χ3v) is 6.42. The van der Waals surface area contributed by atoms with Gasteiger partial charge in [-0.05, 0) is 43.0 Å². The molecule has 1 aliphatic heterocycles. The third kappa shape index (κ3) is 6.81. The Bertz CT molecular complexity index is 966. The van der Waals surface area contributed by atoms with E-state index in [0.717, 1.165) is 19.5 Å². The van der Waals surface area contributed by atoms with Crippen LogP contribution in [0.1, 0.15) is 36.7 Å². The van der Waals surface area contributed by atoms with Crippen LogP contribution in [0.15, 0.2) is 48.5 Å². The number of ether oxygens (including phenoxy) is 2. The molecule has 0 radical (unpaired) electrons. The van der Waals surface area contributed by atoms with E-state index in [1.165, 1.54) is 12.5 Å². The summed E-state index contributed by atoms with van der Waals surface area (Å²) in [7, 11) is 3.48. The predicted molar refractivity (Wildman–Crippen MR) is 134 cm³/mol. The van der Waals surface area contributed by atoms with Crippen molar-refractivity contribution in [1.29, 1.82) is 0 Å². The van der Waals surface area contributed by atoms with Crippen molar-refractivity contribution in [3.05, 3.63) is 59.7 Å². The van der Waals surface area contributed by atoms with Crippen molar-refractivity contribution in [2.45, 2.75) is 39.3 Å². The van der Waals surface area contributed by atoms with Gasteiger partial charge in [0.25, 0.3) is 5.91 Å². The summed E-state index contributed by atoms with van der Waals surface area (Å²) in [6.07, 6.45) is 0.840. The number of fused-ring (bicyclic) bond motifs is 1. The van der Waals surface area contributed by atoms with E-state index in [-0.39, 0.29) is 29.9 Å². The van der Waals surface area contributed by atoms with Crippen molar-refractivity contribution < 1.29 is 19.1 Å². The molecule has 1 aliphatic rings. The molecule has 3 atom stereocenters. The average Bonchev–Trinajstić information content (AvgIpc) is 2.82. The minimum absolute atomic E-state index is 0.109. The first kappa shape index (κ1) is 25.7. The fourth-order valence-electron chi connectivity index (χ4n) is 4.36. The van der Waals surface area contributed by atoms with Crippen LogP contribution in [0, 0.1) is 5.92 Å². The maximum atomic E-state index is 13.3. The molecule has 7 heteroatoms. The molecule has 0 aromatic heterocycles. The zero-order valence-corrected chi connectivity index (χ0v) is 20.9. The molecule has 0 saturated carbocycles. The van der Waals surface area contributed by atoms with Crippen molar-refractivity contribution in [2.24, 2.45) is 5.92 Å². The Morgan fingerprint density at radius 3 is 2.56 bits per heavy atom. The highest BCUT2D eigenvalue weighted by Gasteiger charge is 2.28. The van der Waals surface area contributed by atoms with Crippen LogP contribution in [0.25, 0.3) is 0 Å². The lowest BCUT2D eigenvalue weighted by atomic mass is 10.0. The van der Waals surface area contributed by atoms with Crippen LogP contribution in [0.4, 0.5) is 5.69 Å². The quantitative estimate of drug-likeness (QED) is 0.726. The second kappa shape index (κ2) is 12.0. The summed E-state index contributed by atoms with van der Waals surface area (Å²) in [5.74, 6) is 0.378. The molecule has 0 bridgehead atoms.